The number of hydrogen-bond donors (Lipinski definition) is 0. The number of benzene rings is 1. The van der Waals surface area contributed by atoms with E-state index in [0.717, 1.165) is 12.1 Å². The molecule has 0 aliphatic heterocycles. The van der Waals surface area contributed by atoms with Crippen molar-refractivity contribution in [1.29, 1.82) is 0 Å². The molecule has 0 bridgehead atoms. The molecule has 0 heterocycles. The zero-order chi connectivity index (χ0) is 13.3. The van der Waals surface area contributed by atoms with E-state index in [0.29, 0.717) is 5.75 Å². The zero-order valence-electron chi connectivity index (χ0n) is 9.76. The zero-order valence-corrected chi connectivity index (χ0v) is 9.76. The summed E-state index contributed by atoms with van der Waals surface area (Å²) in [5, 5.41) is 0. The van der Waals surface area contributed by atoms with Crippen molar-refractivity contribution >= 4 is 5.78 Å². The summed E-state index contributed by atoms with van der Waals surface area (Å²) in [6.07, 6.45) is -4.84. The third-order valence-corrected chi connectivity index (χ3v) is 1.80. The van der Waals surface area contributed by atoms with Gasteiger partial charge in [-0.15, -0.1) is 0 Å². The van der Waals surface area contributed by atoms with E-state index in [1.165, 1.54) is 12.1 Å². The lowest BCUT2D eigenvalue weighted by atomic mass is 10.1. The monoisotopic (exact) mass is 246 g/mol. The Morgan fingerprint density at radius 1 is 1.06 bits per heavy atom. The molecular formula is C12H13F3O2. The lowest BCUT2D eigenvalue weighted by Gasteiger charge is -2.21. The van der Waals surface area contributed by atoms with E-state index in [1.807, 2.05) is 20.8 Å². The highest BCUT2D eigenvalue weighted by atomic mass is 19.4. The largest absolute Gasteiger partial charge is 0.488 e. The summed E-state index contributed by atoms with van der Waals surface area (Å²) < 4.78 is 41.8. The Balaban J connectivity index is 2.86. The number of Topliss-reactive ketones (excluding diaryl/α,β-unsaturated/α-hetero) is 1. The van der Waals surface area contributed by atoms with Crippen molar-refractivity contribution in [3.05, 3.63) is 29.8 Å². The van der Waals surface area contributed by atoms with Crippen LogP contribution in [0.2, 0.25) is 0 Å². The number of carbonyl (C=O) groups is 1. The van der Waals surface area contributed by atoms with Crippen LogP contribution in [-0.2, 0) is 0 Å². The predicted octanol–water partition coefficient (Wildman–Crippen LogP) is 3.61. The van der Waals surface area contributed by atoms with E-state index < -0.39 is 23.1 Å². The number of hydrogen-bond acceptors (Lipinski definition) is 2. The van der Waals surface area contributed by atoms with Gasteiger partial charge in [0.15, 0.2) is 0 Å². The number of alkyl halides is 3. The normalized spacial score (nSPS) is 12.4. The Hall–Kier alpha value is -1.52. The summed E-state index contributed by atoms with van der Waals surface area (Å²) in [4.78, 5) is 10.9. The summed E-state index contributed by atoms with van der Waals surface area (Å²) in [5.74, 6) is -1.42. The molecule has 94 valence electrons. The van der Waals surface area contributed by atoms with Gasteiger partial charge in [-0.05, 0) is 45.0 Å². The number of rotatable bonds is 2. The van der Waals surface area contributed by atoms with E-state index in [4.69, 9.17) is 4.74 Å². The minimum absolute atomic E-state index is 0.390. The average molecular weight is 246 g/mol. The lowest BCUT2D eigenvalue weighted by Crippen LogP contribution is -2.24. The van der Waals surface area contributed by atoms with Crippen molar-refractivity contribution < 1.29 is 22.7 Å². The van der Waals surface area contributed by atoms with Crippen LogP contribution in [0, 0.1) is 0 Å². The van der Waals surface area contributed by atoms with Gasteiger partial charge in [-0.3, -0.25) is 4.79 Å². The third kappa shape index (κ3) is 4.09. The quantitative estimate of drug-likeness (QED) is 0.745. The first-order valence-corrected chi connectivity index (χ1v) is 5.00. The molecule has 0 aliphatic rings. The van der Waals surface area contributed by atoms with Crippen molar-refractivity contribution in [2.24, 2.45) is 0 Å². The molecule has 1 rings (SSSR count). The van der Waals surface area contributed by atoms with Crippen molar-refractivity contribution in [3.63, 3.8) is 0 Å². The van der Waals surface area contributed by atoms with Crippen LogP contribution in [0.3, 0.4) is 0 Å². The van der Waals surface area contributed by atoms with Crippen molar-refractivity contribution in [2.75, 3.05) is 0 Å². The van der Waals surface area contributed by atoms with Crippen LogP contribution in [0.5, 0.6) is 5.75 Å². The van der Waals surface area contributed by atoms with Crippen LogP contribution in [-0.4, -0.2) is 17.6 Å². The molecule has 0 aliphatic carbocycles. The van der Waals surface area contributed by atoms with Gasteiger partial charge in [0.2, 0.25) is 0 Å². The van der Waals surface area contributed by atoms with Gasteiger partial charge in [-0.1, -0.05) is 0 Å². The summed E-state index contributed by atoms with van der Waals surface area (Å²) in [5.41, 5.74) is -0.825. The van der Waals surface area contributed by atoms with E-state index >= 15 is 0 Å². The SMILES string of the molecule is CC(C)(C)Oc1ccc(C(=O)C(F)(F)F)cc1. The number of ether oxygens (including phenoxy) is 1. The van der Waals surface area contributed by atoms with Crippen LogP contribution in [0.1, 0.15) is 31.1 Å². The Morgan fingerprint density at radius 2 is 1.53 bits per heavy atom. The molecule has 0 N–H and O–H groups in total. The average Bonchev–Trinajstić information content (AvgIpc) is 2.14. The first-order chi connectivity index (χ1) is 7.59. The van der Waals surface area contributed by atoms with E-state index in [-0.39, 0.29) is 0 Å². The highest BCUT2D eigenvalue weighted by Gasteiger charge is 2.39. The Morgan fingerprint density at radius 3 is 1.88 bits per heavy atom. The molecule has 0 atom stereocenters. The first-order valence-electron chi connectivity index (χ1n) is 5.00. The lowest BCUT2D eigenvalue weighted by molar-refractivity contribution is -0.0885. The first kappa shape index (κ1) is 13.5. The van der Waals surface area contributed by atoms with Gasteiger partial charge in [-0.2, -0.15) is 13.2 Å². The van der Waals surface area contributed by atoms with Crippen LogP contribution in [0.4, 0.5) is 13.2 Å². The molecule has 0 saturated carbocycles. The maximum atomic E-state index is 12.1. The van der Waals surface area contributed by atoms with Gasteiger partial charge in [0.1, 0.15) is 11.4 Å². The van der Waals surface area contributed by atoms with E-state index in [9.17, 15) is 18.0 Å². The summed E-state index contributed by atoms with van der Waals surface area (Å²) in [7, 11) is 0. The fourth-order valence-electron chi connectivity index (χ4n) is 1.19. The van der Waals surface area contributed by atoms with Crippen LogP contribution in [0.15, 0.2) is 24.3 Å². The Labute approximate surface area is 97.4 Å². The fourth-order valence-corrected chi connectivity index (χ4v) is 1.19. The van der Waals surface area contributed by atoms with Crippen molar-refractivity contribution in [1.82, 2.24) is 0 Å². The molecule has 1 aromatic carbocycles. The summed E-state index contributed by atoms with van der Waals surface area (Å²) in [6, 6.07) is 4.92. The van der Waals surface area contributed by atoms with Crippen molar-refractivity contribution in [3.8, 4) is 5.75 Å². The third-order valence-electron chi connectivity index (χ3n) is 1.80. The van der Waals surface area contributed by atoms with Gasteiger partial charge in [0.05, 0.1) is 0 Å². The molecule has 0 unspecified atom stereocenters. The topological polar surface area (TPSA) is 26.3 Å². The second-order valence-electron chi connectivity index (χ2n) is 4.57. The minimum atomic E-state index is -4.84. The highest BCUT2D eigenvalue weighted by Crippen LogP contribution is 2.24. The molecule has 1 aromatic rings. The van der Waals surface area contributed by atoms with Crippen LogP contribution < -0.4 is 4.74 Å². The number of halogens is 3. The number of carbonyl (C=O) groups excluding carboxylic acids is 1. The number of ketones is 1. The standard InChI is InChI=1S/C12H13F3O2/c1-11(2,3)17-9-6-4-8(5-7-9)10(16)12(13,14)15/h4-7H,1-3H3. The van der Waals surface area contributed by atoms with Gasteiger partial charge < -0.3 is 4.74 Å². The second kappa shape index (κ2) is 4.39. The molecule has 0 aromatic heterocycles. The van der Waals surface area contributed by atoms with Gasteiger partial charge in [-0.25, -0.2) is 0 Å². The summed E-state index contributed by atoms with van der Waals surface area (Å²) >= 11 is 0. The molecule has 0 saturated heterocycles. The predicted molar refractivity (Wildman–Crippen MR) is 57.2 cm³/mol. The van der Waals surface area contributed by atoms with Crippen molar-refractivity contribution in [2.45, 2.75) is 32.5 Å². The molecule has 5 heteroatoms. The minimum Gasteiger partial charge on any atom is -0.488 e. The Kier molecular flexibility index (Phi) is 3.50. The maximum absolute atomic E-state index is 12.1. The molecule has 2 nitrogen and oxygen atoms in total. The maximum Gasteiger partial charge on any atom is 0.454 e. The molecule has 17 heavy (non-hydrogen) atoms. The molecule has 0 fully saturated rings. The van der Waals surface area contributed by atoms with E-state index in [1.54, 1.807) is 0 Å². The second-order valence-corrected chi connectivity index (χ2v) is 4.57. The van der Waals surface area contributed by atoms with E-state index in [2.05, 4.69) is 0 Å². The molecular weight excluding hydrogens is 233 g/mol. The van der Waals surface area contributed by atoms with Crippen LogP contribution >= 0.6 is 0 Å². The smallest absolute Gasteiger partial charge is 0.454 e. The molecule has 0 spiro atoms. The van der Waals surface area contributed by atoms with Crippen LogP contribution in [0.25, 0.3) is 0 Å². The Bertz CT molecular complexity index is 399. The summed E-state index contributed by atoms with van der Waals surface area (Å²) in [6.45, 7) is 5.46. The molecule has 0 radical (unpaired) electrons. The highest BCUT2D eigenvalue weighted by molar-refractivity contribution is 6.00. The van der Waals surface area contributed by atoms with Gasteiger partial charge in [0.25, 0.3) is 5.78 Å². The fraction of sp³-hybridized carbons (Fsp3) is 0.417. The molecule has 0 amide bonds. The van der Waals surface area contributed by atoms with Gasteiger partial charge >= 0.3 is 6.18 Å². The van der Waals surface area contributed by atoms with Gasteiger partial charge in [0, 0.05) is 5.56 Å².